The Labute approximate surface area is 111 Å². The summed E-state index contributed by atoms with van der Waals surface area (Å²) in [4.78, 5) is 28.9. The molecule has 6 nitrogen and oxygen atoms in total. The Balaban J connectivity index is 2.88. The Morgan fingerprint density at radius 1 is 1.21 bits per heavy atom. The third kappa shape index (κ3) is 2.11. The fourth-order valence-corrected chi connectivity index (χ4v) is 2.28. The van der Waals surface area contributed by atoms with E-state index in [9.17, 15) is 9.59 Å². The molecule has 0 spiro atoms. The summed E-state index contributed by atoms with van der Waals surface area (Å²) in [6.45, 7) is 8.53. The smallest absolute Gasteiger partial charge is 0.324 e. The fraction of sp³-hybridized carbons (Fsp3) is 0.615. The third-order valence-electron chi connectivity index (χ3n) is 3.13. The van der Waals surface area contributed by atoms with Crippen LogP contribution in [0.3, 0.4) is 0 Å². The van der Waals surface area contributed by atoms with Gasteiger partial charge in [0.1, 0.15) is 0 Å². The largest absolute Gasteiger partial charge is 0.332 e. The van der Waals surface area contributed by atoms with Crippen LogP contribution >= 0.6 is 0 Å². The van der Waals surface area contributed by atoms with Gasteiger partial charge in [-0.2, -0.15) is 0 Å². The number of fused-ring (bicyclic) bond motifs is 1. The molecule has 0 radical (unpaired) electrons. The summed E-state index contributed by atoms with van der Waals surface area (Å²) in [6.07, 6.45) is 1.64. The molecule has 0 aliphatic carbocycles. The maximum atomic E-state index is 12.5. The monoisotopic (exact) mass is 264 g/mol. The summed E-state index contributed by atoms with van der Waals surface area (Å²) in [5.74, 6) is 0.404. The summed E-state index contributed by atoms with van der Waals surface area (Å²) in [7, 11) is 1.65. The van der Waals surface area contributed by atoms with Gasteiger partial charge in [0.15, 0.2) is 11.2 Å². The second kappa shape index (κ2) is 4.68. The zero-order chi connectivity index (χ0) is 14.3. The van der Waals surface area contributed by atoms with Crippen molar-refractivity contribution in [1.29, 1.82) is 0 Å². The molecule has 0 aromatic carbocycles. The molecule has 0 aliphatic rings. The van der Waals surface area contributed by atoms with Crippen molar-refractivity contribution >= 4 is 11.2 Å². The minimum atomic E-state index is -0.317. The summed E-state index contributed by atoms with van der Waals surface area (Å²) in [5.41, 5.74) is 0.380. The summed E-state index contributed by atoms with van der Waals surface area (Å²) in [5, 5.41) is 0. The van der Waals surface area contributed by atoms with E-state index >= 15 is 0 Å². The van der Waals surface area contributed by atoms with E-state index in [2.05, 4.69) is 18.8 Å². The second-order valence-corrected chi connectivity index (χ2v) is 5.57. The van der Waals surface area contributed by atoms with E-state index in [0.717, 1.165) is 0 Å². The Hall–Kier alpha value is -1.85. The van der Waals surface area contributed by atoms with E-state index in [1.165, 1.54) is 9.13 Å². The third-order valence-corrected chi connectivity index (χ3v) is 3.13. The molecular weight excluding hydrogens is 244 g/mol. The Kier molecular flexibility index (Phi) is 3.34. The highest BCUT2D eigenvalue weighted by Crippen LogP contribution is 2.09. The minimum Gasteiger partial charge on any atom is -0.324 e. The number of hydrogen-bond acceptors (Lipinski definition) is 3. The molecule has 0 amide bonds. The normalized spacial score (nSPS) is 11.9. The Morgan fingerprint density at radius 2 is 1.84 bits per heavy atom. The van der Waals surface area contributed by atoms with E-state index < -0.39 is 0 Å². The molecule has 6 heteroatoms. The maximum absolute atomic E-state index is 12.5. The molecule has 0 unspecified atom stereocenters. The number of nitrogens with zero attached hydrogens (tertiary/aromatic N) is 4. The first kappa shape index (κ1) is 13.6. The van der Waals surface area contributed by atoms with Gasteiger partial charge in [0.05, 0.1) is 6.33 Å². The van der Waals surface area contributed by atoms with Crippen LogP contribution in [0.4, 0.5) is 0 Å². The van der Waals surface area contributed by atoms with Gasteiger partial charge >= 0.3 is 5.69 Å². The van der Waals surface area contributed by atoms with Crippen LogP contribution in [0.15, 0.2) is 15.9 Å². The molecule has 2 aromatic rings. The molecule has 0 fully saturated rings. The first-order chi connectivity index (χ1) is 8.84. The van der Waals surface area contributed by atoms with Crippen LogP contribution in [-0.4, -0.2) is 18.7 Å². The van der Waals surface area contributed by atoms with Crippen LogP contribution in [0.5, 0.6) is 0 Å². The molecule has 104 valence electrons. The van der Waals surface area contributed by atoms with Crippen LogP contribution < -0.4 is 11.2 Å². The van der Waals surface area contributed by atoms with Crippen LogP contribution in [0, 0.1) is 5.92 Å². The van der Waals surface area contributed by atoms with Gasteiger partial charge in [0.2, 0.25) is 0 Å². The molecule has 0 N–H and O–H groups in total. The topological polar surface area (TPSA) is 61.8 Å². The highest BCUT2D eigenvalue weighted by molar-refractivity contribution is 5.69. The van der Waals surface area contributed by atoms with E-state index in [4.69, 9.17) is 0 Å². The lowest BCUT2D eigenvalue weighted by atomic mass is 10.2. The number of aromatic nitrogens is 4. The predicted molar refractivity (Wildman–Crippen MR) is 74.5 cm³/mol. The predicted octanol–water partition coefficient (Wildman–Crippen LogP) is 1.13. The van der Waals surface area contributed by atoms with Crippen molar-refractivity contribution < 1.29 is 0 Å². The second-order valence-electron chi connectivity index (χ2n) is 5.57. The van der Waals surface area contributed by atoms with E-state index in [0.29, 0.717) is 23.6 Å². The molecule has 2 aromatic heterocycles. The van der Waals surface area contributed by atoms with Gasteiger partial charge in [0, 0.05) is 19.6 Å². The average molecular weight is 264 g/mol. The van der Waals surface area contributed by atoms with E-state index in [1.807, 2.05) is 18.4 Å². The van der Waals surface area contributed by atoms with Crippen molar-refractivity contribution in [3.8, 4) is 0 Å². The minimum absolute atomic E-state index is 0.169. The van der Waals surface area contributed by atoms with Crippen molar-refractivity contribution in [3.05, 3.63) is 27.2 Å². The van der Waals surface area contributed by atoms with Crippen molar-refractivity contribution in [2.24, 2.45) is 13.0 Å². The zero-order valence-corrected chi connectivity index (χ0v) is 12.0. The van der Waals surface area contributed by atoms with Crippen molar-refractivity contribution in [3.63, 3.8) is 0 Å². The quantitative estimate of drug-likeness (QED) is 0.835. The number of imidazole rings is 1. The summed E-state index contributed by atoms with van der Waals surface area (Å²) >= 11 is 0. The molecule has 19 heavy (non-hydrogen) atoms. The molecule has 0 aliphatic heterocycles. The first-order valence-electron chi connectivity index (χ1n) is 6.51. The van der Waals surface area contributed by atoms with Crippen molar-refractivity contribution in [1.82, 2.24) is 18.7 Å². The number of hydrogen-bond donors (Lipinski definition) is 0. The van der Waals surface area contributed by atoms with Gasteiger partial charge in [-0.3, -0.25) is 13.9 Å². The molecule has 0 bridgehead atoms. The highest BCUT2D eigenvalue weighted by atomic mass is 16.2. The summed E-state index contributed by atoms with van der Waals surface area (Å²) in [6, 6.07) is -0.169. The SMILES string of the molecule is CC(C)Cn1cnc2c1c(=O)n(C(C)C)c(=O)n2C. The molecule has 0 saturated heterocycles. The van der Waals surface area contributed by atoms with Gasteiger partial charge in [0.25, 0.3) is 5.56 Å². The van der Waals surface area contributed by atoms with Crippen molar-refractivity contribution in [2.75, 3.05) is 0 Å². The first-order valence-corrected chi connectivity index (χ1v) is 6.51. The van der Waals surface area contributed by atoms with Crippen LogP contribution in [0.2, 0.25) is 0 Å². The Morgan fingerprint density at radius 3 is 2.37 bits per heavy atom. The van der Waals surface area contributed by atoms with Gasteiger partial charge in [-0.05, 0) is 19.8 Å². The molecule has 2 heterocycles. The Bertz CT molecular complexity index is 719. The van der Waals surface area contributed by atoms with Gasteiger partial charge < -0.3 is 4.57 Å². The number of aryl methyl sites for hydroxylation is 1. The van der Waals surface area contributed by atoms with Crippen molar-refractivity contribution in [2.45, 2.75) is 40.3 Å². The van der Waals surface area contributed by atoms with Gasteiger partial charge in [-0.15, -0.1) is 0 Å². The lowest BCUT2D eigenvalue weighted by molar-refractivity contribution is 0.515. The highest BCUT2D eigenvalue weighted by Gasteiger charge is 2.17. The maximum Gasteiger partial charge on any atom is 0.332 e. The average Bonchev–Trinajstić information content (AvgIpc) is 2.69. The van der Waals surface area contributed by atoms with E-state index in [1.54, 1.807) is 13.4 Å². The van der Waals surface area contributed by atoms with Crippen LogP contribution in [0.1, 0.15) is 33.7 Å². The van der Waals surface area contributed by atoms with Crippen LogP contribution in [-0.2, 0) is 13.6 Å². The zero-order valence-electron chi connectivity index (χ0n) is 12.0. The molecular formula is C13H20N4O2. The van der Waals surface area contributed by atoms with Gasteiger partial charge in [-0.25, -0.2) is 9.78 Å². The fourth-order valence-electron chi connectivity index (χ4n) is 2.28. The number of rotatable bonds is 3. The molecule has 2 rings (SSSR count). The lowest BCUT2D eigenvalue weighted by Gasteiger charge is -2.12. The molecule has 0 saturated carbocycles. The standard InChI is InChI=1S/C13H20N4O2/c1-8(2)6-16-7-14-11-10(16)12(18)17(9(3)4)13(19)15(11)5/h7-9H,6H2,1-5H3. The summed E-state index contributed by atoms with van der Waals surface area (Å²) < 4.78 is 4.55. The lowest BCUT2D eigenvalue weighted by Crippen LogP contribution is -2.40. The van der Waals surface area contributed by atoms with E-state index in [-0.39, 0.29) is 17.3 Å². The van der Waals surface area contributed by atoms with Gasteiger partial charge in [-0.1, -0.05) is 13.8 Å². The van der Waals surface area contributed by atoms with Crippen LogP contribution in [0.25, 0.3) is 11.2 Å². The molecule has 0 atom stereocenters.